The summed E-state index contributed by atoms with van der Waals surface area (Å²) in [6.45, 7) is -0.235. The van der Waals surface area contributed by atoms with Crippen LogP contribution in [0, 0.1) is 10.1 Å². The van der Waals surface area contributed by atoms with Crippen LogP contribution < -0.4 is 0 Å². The Morgan fingerprint density at radius 2 is 1.71 bits per heavy atom. The van der Waals surface area contributed by atoms with Crippen LogP contribution in [-0.4, -0.2) is 13.7 Å². The van der Waals surface area contributed by atoms with Gasteiger partial charge in [-0.2, -0.15) is 0 Å². The van der Waals surface area contributed by atoms with E-state index in [0.717, 1.165) is 0 Å². The highest BCUT2D eigenvalue weighted by atomic mass is 32.2. The predicted octanol–water partition coefficient (Wildman–Crippen LogP) is 0.842. The molecule has 0 aliphatic carbocycles. The summed E-state index contributed by atoms with van der Waals surface area (Å²) in [5.41, 5.74) is 1.20. The van der Waals surface area contributed by atoms with Crippen molar-refractivity contribution in [1.29, 1.82) is 0 Å². The molecule has 6 heteroatoms. The van der Waals surface area contributed by atoms with Crippen LogP contribution in [0.5, 0.6) is 0 Å². The van der Waals surface area contributed by atoms with Gasteiger partial charge in [-0.1, -0.05) is 35.3 Å². The molecule has 0 radical (unpaired) electrons. The molecule has 1 unspecified atom stereocenters. The lowest BCUT2D eigenvalue weighted by Crippen LogP contribution is -1.99. The predicted molar refractivity (Wildman–Crippen MR) is 49.8 cm³/mol. The fourth-order valence-electron chi connectivity index (χ4n) is 1.03. The molecule has 0 saturated carbocycles. The first kappa shape index (κ1) is 10.8. The molecule has 0 fully saturated rings. The molecule has 0 spiro atoms. The maximum atomic E-state index is 10.3. The molecule has 0 heterocycles. The quantitative estimate of drug-likeness (QED) is 0.422. The second kappa shape index (κ2) is 4.83. The standard InChI is InChI=1S/C8H9NO4S/c10-9(11)5-7-1-3-8(4-2-7)6-14(12)13/h1-4H,5-6H2,(H,12,13)/p-1. The molecule has 76 valence electrons. The molecule has 1 aromatic carbocycles. The Bertz CT molecular complexity index is 314. The van der Waals surface area contributed by atoms with Crippen LogP contribution in [0.2, 0.25) is 0 Å². The topological polar surface area (TPSA) is 83.3 Å². The summed E-state index contributed by atoms with van der Waals surface area (Å²) in [5.74, 6) is -0.0568. The van der Waals surface area contributed by atoms with Gasteiger partial charge in [0.25, 0.3) is 0 Å². The van der Waals surface area contributed by atoms with Gasteiger partial charge in [-0.25, -0.2) is 0 Å². The van der Waals surface area contributed by atoms with Crippen molar-refractivity contribution in [3.8, 4) is 0 Å². The second-order valence-corrected chi connectivity index (χ2v) is 3.65. The van der Waals surface area contributed by atoms with Crippen LogP contribution in [0.1, 0.15) is 11.1 Å². The molecule has 5 nitrogen and oxygen atoms in total. The van der Waals surface area contributed by atoms with Crippen LogP contribution in [-0.2, 0) is 23.4 Å². The zero-order chi connectivity index (χ0) is 10.6. The summed E-state index contributed by atoms with van der Waals surface area (Å²) in [7, 11) is 0. The SMILES string of the molecule is O=[N+]([O-])Cc1ccc(CS(=O)[O-])cc1. The van der Waals surface area contributed by atoms with E-state index in [4.69, 9.17) is 0 Å². The lowest BCUT2D eigenvalue weighted by molar-refractivity contribution is -0.496. The molecule has 0 aliphatic heterocycles. The summed E-state index contributed by atoms with van der Waals surface area (Å²) in [5, 5.41) is 10.1. The smallest absolute Gasteiger partial charge is 0.228 e. The number of benzene rings is 1. The van der Waals surface area contributed by atoms with Crippen LogP contribution in [0.15, 0.2) is 24.3 Å². The van der Waals surface area contributed by atoms with E-state index < -0.39 is 16.0 Å². The Hall–Kier alpha value is -1.27. The van der Waals surface area contributed by atoms with E-state index in [2.05, 4.69) is 0 Å². The van der Waals surface area contributed by atoms with E-state index in [1.807, 2.05) is 0 Å². The number of rotatable bonds is 4. The first-order valence-corrected chi connectivity index (χ1v) is 5.08. The molecule has 1 aromatic rings. The Balaban J connectivity index is 2.68. The molecular weight excluding hydrogens is 206 g/mol. The lowest BCUT2D eigenvalue weighted by Gasteiger charge is -2.04. The normalized spacial score (nSPS) is 12.4. The molecule has 0 saturated heterocycles. The van der Waals surface area contributed by atoms with Gasteiger partial charge in [0.15, 0.2) is 0 Å². The zero-order valence-corrected chi connectivity index (χ0v) is 8.03. The molecule has 0 bridgehead atoms. The molecule has 14 heavy (non-hydrogen) atoms. The molecule has 0 aliphatic rings. The van der Waals surface area contributed by atoms with Crippen LogP contribution in [0.3, 0.4) is 0 Å². The Morgan fingerprint density at radius 1 is 1.21 bits per heavy atom. The zero-order valence-electron chi connectivity index (χ0n) is 7.21. The third-order valence-corrected chi connectivity index (χ3v) is 2.19. The van der Waals surface area contributed by atoms with Crippen molar-refractivity contribution < 1.29 is 13.7 Å². The van der Waals surface area contributed by atoms with Crippen molar-refractivity contribution in [2.75, 3.05) is 0 Å². The summed E-state index contributed by atoms with van der Waals surface area (Å²) < 4.78 is 20.6. The molecule has 0 aromatic heterocycles. The third kappa shape index (κ3) is 3.63. The highest BCUT2D eigenvalue weighted by Crippen LogP contribution is 2.06. The van der Waals surface area contributed by atoms with E-state index >= 15 is 0 Å². The Kier molecular flexibility index (Phi) is 3.73. The largest absolute Gasteiger partial charge is 0.772 e. The van der Waals surface area contributed by atoms with E-state index in [1.165, 1.54) is 0 Å². The van der Waals surface area contributed by atoms with Gasteiger partial charge in [0.1, 0.15) is 0 Å². The number of nitro groups is 1. The van der Waals surface area contributed by atoms with Gasteiger partial charge < -0.3 is 4.55 Å². The highest BCUT2D eigenvalue weighted by molar-refractivity contribution is 7.78. The monoisotopic (exact) mass is 214 g/mol. The Labute approximate surface area is 83.2 Å². The second-order valence-electron chi connectivity index (χ2n) is 2.76. The van der Waals surface area contributed by atoms with E-state index in [0.29, 0.717) is 11.1 Å². The van der Waals surface area contributed by atoms with Crippen molar-refractivity contribution in [3.63, 3.8) is 0 Å². The van der Waals surface area contributed by atoms with Crippen LogP contribution >= 0.6 is 0 Å². The molecular formula is C8H8NO4S-. The molecule has 1 rings (SSSR count). The van der Waals surface area contributed by atoms with Crippen molar-refractivity contribution in [2.45, 2.75) is 12.3 Å². The van der Waals surface area contributed by atoms with Gasteiger partial charge in [0.2, 0.25) is 6.54 Å². The summed E-state index contributed by atoms with van der Waals surface area (Å²) in [6.07, 6.45) is 0. The molecule has 0 N–H and O–H groups in total. The number of nitrogens with zero attached hydrogens (tertiary/aromatic N) is 1. The van der Waals surface area contributed by atoms with E-state index in [1.54, 1.807) is 24.3 Å². The maximum Gasteiger partial charge on any atom is 0.228 e. The average Bonchev–Trinajstić information content (AvgIpc) is 2.06. The van der Waals surface area contributed by atoms with E-state index in [-0.39, 0.29) is 12.3 Å². The van der Waals surface area contributed by atoms with Gasteiger partial charge in [-0.15, -0.1) is 0 Å². The molecule has 0 amide bonds. The number of hydrogen-bond donors (Lipinski definition) is 0. The van der Waals surface area contributed by atoms with Crippen LogP contribution in [0.25, 0.3) is 0 Å². The first-order valence-electron chi connectivity index (χ1n) is 3.83. The Morgan fingerprint density at radius 3 is 2.14 bits per heavy atom. The number of hydrogen-bond acceptors (Lipinski definition) is 4. The van der Waals surface area contributed by atoms with Crippen molar-refractivity contribution >= 4 is 11.1 Å². The molecule has 1 atom stereocenters. The van der Waals surface area contributed by atoms with Gasteiger partial charge in [0.05, 0.1) is 0 Å². The van der Waals surface area contributed by atoms with Gasteiger partial charge in [-0.3, -0.25) is 14.3 Å². The third-order valence-electron chi connectivity index (χ3n) is 1.62. The van der Waals surface area contributed by atoms with Gasteiger partial charge in [-0.05, 0) is 5.56 Å². The maximum absolute atomic E-state index is 10.3. The van der Waals surface area contributed by atoms with Crippen LogP contribution in [0.4, 0.5) is 0 Å². The fourth-order valence-corrected chi connectivity index (χ4v) is 1.49. The van der Waals surface area contributed by atoms with Crippen molar-refractivity contribution in [2.24, 2.45) is 0 Å². The minimum Gasteiger partial charge on any atom is -0.772 e. The fraction of sp³-hybridized carbons (Fsp3) is 0.250. The van der Waals surface area contributed by atoms with Gasteiger partial charge in [0, 0.05) is 16.2 Å². The minimum atomic E-state index is -2.12. The first-order chi connectivity index (χ1) is 6.58. The highest BCUT2D eigenvalue weighted by Gasteiger charge is 2.00. The summed E-state index contributed by atoms with van der Waals surface area (Å²) in [6, 6.07) is 6.28. The van der Waals surface area contributed by atoms with Crippen molar-refractivity contribution in [1.82, 2.24) is 0 Å². The summed E-state index contributed by atoms with van der Waals surface area (Å²) in [4.78, 5) is 9.71. The summed E-state index contributed by atoms with van der Waals surface area (Å²) >= 11 is -2.12. The van der Waals surface area contributed by atoms with E-state index in [9.17, 15) is 18.9 Å². The van der Waals surface area contributed by atoms with Crippen molar-refractivity contribution in [3.05, 3.63) is 45.5 Å². The lowest BCUT2D eigenvalue weighted by atomic mass is 10.1. The minimum absolute atomic E-state index is 0.0568. The van der Waals surface area contributed by atoms with Gasteiger partial charge >= 0.3 is 0 Å². The average molecular weight is 214 g/mol.